The molecule has 0 aromatic heterocycles. The van der Waals surface area contributed by atoms with Gasteiger partial charge in [-0.2, -0.15) is 0 Å². The average molecular weight is 343 g/mol. The highest BCUT2D eigenvalue weighted by atomic mass is 16.2. The van der Waals surface area contributed by atoms with Crippen LogP contribution in [0.15, 0.2) is 24.3 Å². The van der Waals surface area contributed by atoms with E-state index < -0.39 is 5.91 Å². The molecule has 0 bridgehead atoms. The minimum Gasteiger partial charge on any atom is -0.366 e. The van der Waals surface area contributed by atoms with Crippen molar-refractivity contribution in [1.82, 2.24) is 9.80 Å². The summed E-state index contributed by atoms with van der Waals surface area (Å²) >= 11 is 0. The van der Waals surface area contributed by atoms with Gasteiger partial charge in [-0.15, -0.1) is 0 Å². The van der Waals surface area contributed by atoms with E-state index in [4.69, 9.17) is 5.73 Å². The van der Waals surface area contributed by atoms with Crippen LogP contribution in [0.4, 0.5) is 0 Å². The first-order chi connectivity index (χ1) is 12.0. The van der Waals surface area contributed by atoms with Gasteiger partial charge >= 0.3 is 0 Å². The van der Waals surface area contributed by atoms with E-state index in [0.29, 0.717) is 11.5 Å². The van der Waals surface area contributed by atoms with Crippen molar-refractivity contribution >= 4 is 11.8 Å². The maximum Gasteiger partial charge on any atom is 0.248 e. The Kier molecular flexibility index (Phi) is 5.74. The number of rotatable bonds is 4. The molecule has 0 radical (unpaired) electrons. The van der Waals surface area contributed by atoms with Gasteiger partial charge in [-0.3, -0.25) is 14.5 Å². The molecule has 2 fully saturated rings. The van der Waals surface area contributed by atoms with E-state index in [0.717, 1.165) is 69.9 Å². The summed E-state index contributed by atoms with van der Waals surface area (Å²) in [7, 11) is 0. The van der Waals surface area contributed by atoms with Crippen molar-refractivity contribution in [2.75, 3.05) is 26.2 Å². The van der Waals surface area contributed by atoms with Gasteiger partial charge in [0.25, 0.3) is 0 Å². The van der Waals surface area contributed by atoms with Crippen LogP contribution in [0, 0.1) is 11.8 Å². The molecule has 2 heterocycles. The van der Waals surface area contributed by atoms with Crippen LogP contribution in [0.25, 0.3) is 0 Å². The van der Waals surface area contributed by atoms with Gasteiger partial charge in [-0.05, 0) is 55.8 Å². The summed E-state index contributed by atoms with van der Waals surface area (Å²) in [6.07, 6.45) is 4.34. The van der Waals surface area contributed by atoms with Crippen molar-refractivity contribution < 1.29 is 9.59 Å². The number of primary amides is 1. The summed E-state index contributed by atoms with van der Waals surface area (Å²) in [6, 6.07) is 7.47. The fourth-order valence-corrected chi connectivity index (χ4v) is 3.92. The topological polar surface area (TPSA) is 66.6 Å². The van der Waals surface area contributed by atoms with Gasteiger partial charge in [0, 0.05) is 31.7 Å². The van der Waals surface area contributed by atoms with Gasteiger partial charge in [0.05, 0.1) is 5.92 Å². The lowest BCUT2D eigenvalue weighted by atomic mass is 9.93. The van der Waals surface area contributed by atoms with Crippen molar-refractivity contribution in [1.29, 1.82) is 0 Å². The van der Waals surface area contributed by atoms with Crippen LogP contribution in [-0.2, 0) is 11.3 Å². The van der Waals surface area contributed by atoms with Crippen molar-refractivity contribution in [3.05, 3.63) is 35.4 Å². The van der Waals surface area contributed by atoms with Crippen molar-refractivity contribution in [3.8, 4) is 0 Å². The predicted octanol–water partition coefficient (Wildman–Crippen LogP) is 2.26. The molecule has 5 heteroatoms. The molecule has 3 rings (SSSR count). The summed E-state index contributed by atoms with van der Waals surface area (Å²) in [5, 5.41) is 0. The summed E-state index contributed by atoms with van der Waals surface area (Å²) in [5.74, 6) is 0.828. The molecule has 2 amide bonds. The van der Waals surface area contributed by atoms with Crippen molar-refractivity contribution in [3.63, 3.8) is 0 Å². The van der Waals surface area contributed by atoms with Crippen LogP contribution < -0.4 is 5.73 Å². The standard InChI is InChI=1S/C20H29N3O2/c1-15-8-11-23(12-9-15)20(25)18-3-2-10-22(14-18)13-16-4-6-17(7-5-16)19(21)24/h4-7,15,18H,2-3,8-14H2,1H3,(H2,21,24)/t18-/m1/s1. The number of nitrogens with two attached hydrogens (primary N) is 1. The van der Waals surface area contributed by atoms with Gasteiger partial charge in [0.1, 0.15) is 0 Å². The number of carbonyl (C=O) groups excluding carboxylic acids is 2. The summed E-state index contributed by atoms with van der Waals surface area (Å²) in [5.41, 5.74) is 6.98. The molecule has 0 aliphatic carbocycles. The number of hydrogen-bond donors (Lipinski definition) is 1. The van der Waals surface area contributed by atoms with Crippen LogP contribution in [0.3, 0.4) is 0 Å². The lowest BCUT2D eigenvalue weighted by Gasteiger charge is -2.37. The van der Waals surface area contributed by atoms with E-state index >= 15 is 0 Å². The molecule has 0 unspecified atom stereocenters. The molecule has 2 aliphatic rings. The molecule has 0 spiro atoms. The average Bonchev–Trinajstić information content (AvgIpc) is 2.62. The maximum absolute atomic E-state index is 12.8. The minimum atomic E-state index is -0.397. The number of benzene rings is 1. The molecular formula is C20H29N3O2. The van der Waals surface area contributed by atoms with Crippen LogP contribution in [0.5, 0.6) is 0 Å². The zero-order valence-electron chi connectivity index (χ0n) is 15.1. The highest BCUT2D eigenvalue weighted by Gasteiger charge is 2.30. The quantitative estimate of drug-likeness (QED) is 0.912. The third-order valence-corrected chi connectivity index (χ3v) is 5.59. The number of hydrogen-bond acceptors (Lipinski definition) is 3. The number of piperidine rings is 2. The van der Waals surface area contributed by atoms with Crippen LogP contribution in [-0.4, -0.2) is 47.8 Å². The van der Waals surface area contributed by atoms with Crippen LogP contribution in [0.2, 0.25) is 0 Å². The highest BCUT2D eigenvalue weighted by Crippen LogP contribution is 2.24. The summed E-state index contributed by atoms with van der Waals surface area (Å²) in [4.78, 5) is 28.4. The van der Waals surface area contributed by atoms with E-state index in [1.165, 1.54) is 0 Å². The SMILES string of the molecule is CC1CCN(C(=O)[C@@H]2CCCN(Cc3ccc(C(N)=O)cc3)C2)CC1. The third kappa shape index (κ3) is 4.60. The van der Waals surface area contributed by atoms with Crippen LogP contribution >= 0.6 is 0 Å². The highest BCUT2D eigenvalue weighted by molar-refractivity contribution is 5.92. The fraction of sp³-hybridized carbons (Fsp3) is 0.600. The number of amides is 2. The Morgan fingerprint density at radius 2 is 1.76 bits per heavy atom. The van der Waals surface area contributed by atoms with E-state index in [1.807, 2.05) is 12.1 Å². The Labute approximate surface area is 150 Å². The second kappa shape index (κ2) is 8.00. The smallest absolute Gasteiger partial charge is 0.248 e. The Balaban J connectivity index is 1.55. The minimum absolute atomic E-state index is 0.132. The van der Waals surface area contributed by atoms with Gasteiger partial charge in [0.2, 0.25) is 11.8 Å². The molecule has 0 saturated carbocycles. The van der Waals surface area contributed by atoms with E-state index in [9.17, 15) is 9.59 Å². The molecule has 1 atom stereocenters. The first-order valence-electron chi connectivity index (χ1n) is 9.43. The second-order valence-corrected chi connectivity index (χ2v) is 7.64. The van der Waals surface area contributed by atoms with Crippen molar-refractivity contribution in [2.45, 2.75) is 39.2 Å². The molecule has 136 valence electrons. The zero-order chi connectivity index (χ0) is 17.8. The third-order valence-electron chi connectivity index (χ3n) is 5.59. The lowest BCUT2D eigenvalue weighted by Crippen LogP contribution is -2.46. The Morgan fingerprint density at radius 3 is 2.40 bits per heavy atom. The maximum atomic E-state index is 12.8. The zero-order valence-corrected chi connectivity index (χ0v) is 15.1. The number of likely N-dealkylation sites (tertiary alicyclic amines) is 2. The Morgan fingerprint density at radius 1 is 1.08 bits per heavy atom. The Hall–Kier alpha value is -1.88. The fourth-order valence-electron chi connectivity index (χ4n) is 3.92. The molecule has 1 aromatic carbocycles. The lowest BCUT2D eigenvalue weighted by molar-refractivity contribution is -0.138. The summed E-state index contributed by atoms with van der Waals surface area (Å²) < 4.78 is 0. The van der Waals surface area contributed by atoms with E-state index in [-0.39, 0.29) is 5.92 Å². The molecule has 25 heavy (non-hydrogen) atoms. The number of carbonyl (C=O) groups is 2. The first-order valence-corrected chi connectivity index (χ1v) is 9.43. The van der Waals surface area contributed by atoms with Gasteiger partial charge in [0.15, 0.2) is 0 Å². The van der Waals surface area contributed by atoms with Crippen LogP contribution in [0.1, 0.15) is 48.5 Å². The van der Waals surface area contributed by atoms with Gasteiger partial charge < -0.3 is 10.6 Å². The van der Waals surface area contributed by atoms with E-state index in [2.05, 4.69) is 16.7 Å². The normalized spacial score (nSPS) is 22.8. The second-order valence-electron chi connectivity index (χ2n) is 7.64. The predicted molar refractivity (Wildman–Crippen MR) is 97.9 cm³/mol. The molecule has 5 nitrogen and oxygen atoms in total. The largest absolute Gasteiger partial charge is 0.366 e. The molecular weight excluding hydrogens is 314 g/mol. The Bertz CT molecular complexity index is 606. The molecule has 1 aromatic rings. The molecule has 2 aliphatic heterocycles. The molecule has 2 saturated heterocycles. The van der Waals surface area contributed by atoms with E-state index in [1.54, 1.807) is 12.1 Å². The summed E-state index contributed by atoms with van der Waals surface area (Å²) in [6.45, 7) is 6.80. The number of nitrogens with zero attached hydrogens (tertiary/aromatic N) is 2. The van der Waals surface area contributed by atoms with Gasteiger partial charge in [-0.1, -0.05) is 19.1 Å². The molecule has 2 N–H and O–H groups in total. The van der Waals surface area contributed by atoms with Crippen molar-refractivity contribution in [2.24, 2.45) is 17.6 Å². The monoisotopic (exact) mass is 343 g/mol. The first kappa shape index (κ1) is 17.9. The van der Waals surface area contributed by atoms with Gasteiger partial charge in [-0.25, -0.2) is 0 Å².